The van der Waals surface area contributed by atoms with E-state index in [2.05, 4.69) is 4.90 Å². The average Bonchev–Trinajstić information content (AvgIpc) is 2.72. The molecule has 1 aromatic rings. The number of piperidine rings is 1. The van der Waals surface area contributed by atoms with Gasteiger partial charge in [0.15, 0.2) is 0 Å². The molecule has 2 aliphatic heterocycles. The molecule has 2 heterocycles. The molecule has 0 aliphatic carbocycles. The summed E-state index contributed by atoms with van der Waals surface area (Å²) in [4.78, 5) is 13.8. The van der Waals surface area contributed by atoms with Crippen molar-refractivity contribution in [3.05, 3.63) is 35.6 Å². The monoisotopic (exact) mass is 233 g/mol. The fourth-order valence-corrected chi connectivity index (χ4v) is 3.08. The maximum Gasteiger partial charge on any atom is 0.135 e. The molecule has 0 unspecified atom stereocenters. The molecule has 0 N–H and O–H groups in total. The van der Waals surface area contributed by atoms with Gasteiger partial charge in [0.25, 0.3) is 0 Å². The quantitative estimate of drug-likeness (QED) is 0.742. The number of nitrogens with zero attached hydrogens (tertiary/aromatic N) is 1. The number of rotatable bonds is 1. The summed E-state index contributed by atoms with van der Waals surface area (Å²) in [6.45, 7) is 1.92. The van der Waals surface area contributed by atoms with Gasteiger partial charge in [0.1, 0.15) is 11.6 Å². The molecule has 1 aromatic carbocycles. The molecule has 3 rings (SSSR count). The first-order valence-corrected chi connectivity index (χ1v) is 6.23. The average molecular weight is 233 g/mol. The van der Waals surface area contributed by atoms with Gasteiger partial charge in [-0.05, 0) is 30.0 Å². The molecule has 2 saturated heterocycles. The van der Waals surface area contributed by atoms with Crippen molar-refractivity contribution in [1.29, 1.82) is 0 Å². The van der Waals surface area contributed by atoms with E-state index >= 15 is 0 Å². The second-order valence-corrected chi connectivity index (χ2v) is 5.13. The third-order valence-corrected chi connectivity index (χ3v) is 4.01. The lowest BCUT2D eigenvalue weighted by Crippen LogP contribution is -2.38. The Kier molecular flexibility index (Phi) is 2.71. The lowest BCUT2D eigenvalue weighted by Gasteiger charge is -2.27. The number of hydrogen-bond donors (Lipinski definition) is 0. The van der Waals surface area contributed by atoms with Crippen molar-refractivity contribution in [2.45, 2.75) is 31.2 Å². The number of ketones is 1. The van der Waals surface area contributed by atoms with Gasteiger partial charge in [-0.1, -0.05) is 12.1 Å². The zero-order valence-corrected chi connectivity index (χ0v) is 9.73. The second-order valence-electron chi connectivity index (χ2n) is 5.13. The topological polar surface area (TPSA) is 20.3 Å². The summed E-state index contributed by atoms with van der Waals surface area (Å²) < 4.78 is 12.9. The van der Waals surface area contributed by atoms with Crippen LogP contribution in [0.3, 0.4) is 0 Å². The Morgan fingerprint density at radius 3 is 2.76 bits per heavy atom. The molecular formula is C14H16FNO. The van der Waals surface area contributed by atoms with Gasteiger partial charge in [0.2, 0.25) is 0 Å². The minimum atomic E-state index is -0.181. The molecule has 2 nitrogen and oxygen atoms in total. The van der Waals surface area contributed by atoms with Gasteiger partial charge in [-0.3, -0.25) is 9.69 Å². The van der Waals surface area contributed by atoms with Crippen LogP contribution in [-0.2, 0) is 4.79 Å². The standard InChI is InChI=1S/C14H16FNO/c15-12-3-1-10(2-4-12)11-7-13-8-14(17)5-6-16(13)9-11/h1-4,11,13H,5-9H2/t11-,13-/m0/s1. The number of hydrogen-bond acceptors (Lipinski definition) is 2. The minimum absolute atomic E-state index is 0.181. The number of benzene rings is 1. The van der Waals surface area contributed by atoms with Gasteiger partial charge in [-0.25, -0.2) is 4.39 Å². The van der Waals surface area contributed by atoms with Crippen molar-refractivity contribution in [2.75, 3.05) is 13.1 Å². The van der Waals surface area contributed by atoms with E-state index in [9.17, 15) is 9.18 Å². The first-order valence-electron chi connectivity index (χ1n) is 6.23. The maximum absolute atomic E-state index is 12.9. The molecule has 0 spiro atoms. The fourth-order valence-electron chi connectivity index (χ4n) is 3.08. The predicted molar refractivity (Wildman–Crippen MR) is 63.4 cm³/mol. The molecule has 0 saturated carbocycles. The van der Waals surface area contributed by atoms with Crippen LogP contribution in [0, 0.1) is 5.82 Å². The van der Waals surface area contributed by atoms with Crippen molar-refractivity contribution < 1.29 is 9.18 Å². The van der Waals surface area contributed by atoms with Crippen LogP contribution in [-0.4, -0.2) is 29.8 Å². The number of Topliss-reactive ketones (excluding diaryl/α,β-unsaturated/α-hetero) is 1. The number of carbonyl (C=O) groups is 1. The molecule has 2 fully saturated rings. The smallest absolute Gasteiger partial charge is 0.135 e. The Labute approximate surface area is 100 Å². The van der Waals surface area contributed by atoms with Crippen molar-refractivity contribution in [2.24, 2.45) is 0 Å². The van der Waals surface area contributed by atoms with E-state index in [1.54, 1.807) is 0 Å². The Hall–Kier alpha value is -1.22. The van der Waals surface area contributed by atoms with Crippen LogP contribution in [0.5, 0.6) is 0 Å². The Balaban J connectivity index is 1.75. The first-order chi connectivity index (χ1) is 8.22. The molecular weight excluding hydrogens is 217 g/mol. The van der Waals surface area contributed by atoms with Crippen LogP contribution in [0.2, 0.25) is 0 Å². The fraction of sp³-hybridized carbons (Fsp3) is 0.500. The highest BCUT2D eigenvalue weighted by molar-refractivity contribution is 5.80. The van der Waals surface area contributed by atoms with Crippen molar-refractivity contribution >= 4 is 5.78 Å². The molecule has 90 valence electrons. The Morgan fingerprint density at radius 1 is 1.24 bits per heavy atom. The molecule has 0 bridgehead atoms. The van der Waals surface area contributed by atoms with Crippen molar-refractivity contribution in [3.63, 3.8) is 0 Å². The number of fused-ring (bicyclic) bond motifs is 1. The van der Waals surface area contributed by atoms with Crippen LogP contribution in [0.15, 0.2) is 24.3 Å². The second kappa shape index (κ2) is 4.22. The van der Waals surface area contributed by atoms with Gasteiger partial charge in [0.05, 0.1) is 0 Å². The summed E-state index contributed by atoms with van der Waals surface area (Å²) in [6.07, 6.45) is 2.45. The van der Waals surface area contributed by atoms with Gasteiger partial charge >= 0.3 is 0 Å². The summed E-state index contributed by atoms with van der Waals surface area (Å²) in [5.41, 5.74) is 1.20. The van der Waals surface area contributed by atoms with E-state index in [1.807, 2.05) is 12.1 Å². The molecule has 0 amide bonds. The van der Waals surface area contributed by atoms with Gasteiger partial charge in [-0.15, -0.1) is 0 Å². The molecule has 17 heavy (non-hydrogen) atoms. The zero-order valence-electron chi connectivity index (χ0n) is 9.73. The van der Waals surface area contributed by atoms with E-state index in [1.165, 1.54) is 17.7 Å². The van der Waals surface area contributed by atoms with E-state index in [4.69, 9.17) is 0 Å². The highest BCUT2D eigenvalue weighted by Crippen LogP contribution is 2.35. The summed E-state index contributed by atoms with van der Waals surface area (Å²) >= 11 is 0. The summed E-state index contributed by atoms with van der Waals surface area (Å²) in [6, 6.07) is 7.22. The highest BCUT2D eigenvalue weighted by Gasteiger charge is 2.36. The normalized spacial score (nSPS) is 29.4. The van der Waals surface area contributed by atoms with Crippen molar-refractivity contribution in [1.82, 2.24) is 4.90 Å². The van der Waals surface area contributed by atoms with Crippen LogP contribution < -0.4 is 0 Å². The highest BCUT2D eigenvalue weighted by atomic mass is 19.1. The van der Waals surface area contributed by atoms with Crippen LogP contribution in [0.25, 0.3) is 0 Å². The molecule has 0 radical (unpaired) electrons. The summed E-state index contributed by atoms with van der Waals surface area (Å²) in [5.74, 6) is 0.678. The summed E-state index contributed by atoms with van der Waals surface area (Å²) in [7, 11) is 0. The van der Waals surface area contributed by atoms with Gasteiger partial charge < -0.3 is 0 Å². The zero-order chi connectivity index (χ0) is 11.8. The van der Waals surface area contributed by atoms with Gasteiger partial charge in [-0.2, -0.15) is 0 Å². The molecule has 2 atom stereocenters. The van der Waals surface area contributed by atoms with E-state index in [-0.39, 0.29) is 5.82 Å². The van der Waals surface area contributed by atoms with E-state index < -0.39 is 0 Å². The van der Waals surface area contributed by atoms with E-state index in [0.717, 1.165) is 19.5 Å². The summed E-state index contributed by atoms with van der Waals surface area (Å²) in [5, 5.41) is 0. The SMILES string of the molecule is O=C1CCN2C[C@@H](c3ccc(F)cc3)C[C@H]2C1. The third kappa shape index (κ3) is 2.12. The Morgan fingerprint density at radius 2 is 2.00 bits per heavy atom. The first kappa shape index (κ1) is 10.9. The maximum atomic E-state index is 12.9. The predicted octanol–water partition coefficient (Wildman–Crippen LogP) is 2.35. The van der Waals surface area contributed by atoms with Crippen LogP contribution >= 0.6 is 0 Å². The molecule has 0 aromatic heterocycles. The van der Waals surface area contributed by atoms with E-state index in [0.29, 0.717) is 30.6 Å². The lowest BCUT2D eigenvalue weighted by atomic mass is 9.94. The van der Waals surface area contributed by atoms with Crippen LogP contribution in [0.4, 0.5) is 4.39 Å². The lowest BCUT2D eigenvalue weighted by molar-refractivity contribution is -0.122. The number of halogens is 1. The molecule has 3 heteroatoms. The van der Waals surface area contributed by atoms with Crippen molar-refractivity contribution in [3.8, 4) is 0 Å². The minimum Gasteiger partial charge on any atom is -0.300 e. The third-order valence-electron chi connectivity index (χ3n) is 4.01. The van der Waals surface area contributed by atoms with Gasteiger partial charge in [0, 0.05) is 32.0 Å². The molecule has 2 aliphatic rings. The Bertz CT molecular complexity index is 428. The van der Waals surface area contributed by atoms with Crippen LogP contribution in [0.1, 0.15) is 30.7 Å². The largest absolute Gasteiger partial charge is 0.300 e. The number of carbonyl (C=O) groups excluding carboxylic acids is 1.